The van der Waals surface area contributed by atoms with E-state index in [0.29, 0.717) is 43.5 Å². The summed E-state index contributed by atoms with van der Waals surface area (Å²) in [6.45, 7) is 5.50. The Labute approximate surface area is 211 Å². The fourth-order valence-corrected chi connectivity index (χ4v) is 6.31. The van der Waals surface area contributed by atoms with Crippen molar-refractivity contribution in [2.45, 2.75) is 68.8 Å². The Hall–Kier alpha value is -2.08. The van der Waals surface area contributed by atoms with Gasteiger partial charge < -0.3 is 24.3 Å². The zero-order chi connectivity index (χ0) is 24.8. The third kappa shape index (κ3) is 6.78. The van der Waals surface area contributed by atoms with Crippen LogP contribution in [0.1, 0.15) is 43.9 Å². The van der Waals surface area contributed by atoms with Gasteiger partial charge in [-0.2, -0.15) is 0 Å². The van der Waals surface area contributed by atoms with Gasteiger partial charge in [0.25, 0.3) is 0 Å². The standard InChI is InChI=1S/C24H33FN4O4S2/c1-2-26-23(34)28(15-21-5-3-11-32-21)14-20-13-27-24(29(20)16-22-6-4-12-33-22)35(30,31)17-18-7-9-19(25)10-8-18/h7-10,13,21-22H,2-6,11-12,14-17H2,1H3,(H,26,34)/t21-,22-/m1/s1. The van der Waals surface area contributed by atoms with Gasteiger partial charge in [0.15, 0.2) is 5.11 Å². The van der Waals surface area contributed by atoms with Crippen LogP contribution >= 0.6 is 12.2 Å². The molecule has 0 amide bonds. The van der Waals surface area contributed by atoms with Crippen molar-refractivity contribution in [3.05, 3.63) is 47.5 Å². The largest absolute Gasteiger partial charge is 0.376 e. The minimum Gasteiger partial charge on any atom is -0.376 e. The first kappa shape index (κ1) is 26.0. The van der Waals surface area contributed by atoms with Crippen LogP contribution in [0.5, 0.6) is 0 Å². The molecule has 1 aromatic carbocycles. The van der Waals surface area contributed by atoms with Crippen molar-refractivity contribution in [3.8, 4) is 0 Å². The maximum absolute atomic E-state index is 13.4. The van der Waals surface area contributed by atoms with Gasteiger partial charge in [-0.3, -0.25) is 0 Å². The fraction of sp³-hybridized carbons (Fsp3) is 0.583. The Morgan fingerprint density at radius 1 is 1.20 bits per heavy atom. The van der Waals surface area contributed by atoms with Crippen LogP contribution < -0.4 is 5.32 Å². The number of nitrogens with one attached hydrogen (secondary N) is 1. The lowest BCUT2D eigenvalue weighted by Gasteiger charge is -2.28. The summed E-state index contributed by atoms with van der Waals surface area (Å²) in [5, 5.41) is 3.80. The lowest BCUT2D eigenvalue weighted by Crippen LogP contribution is -2.43. The van der Waals surface area contributed by atoms with Crippen LogP contribution in [-0.2, 0) is 38.2 Å². The van der Waals surface area contributed by atoms with Gasteiger partial charge in [0.05, 0.1) is 42.9 Å². The van der Waals surface area contributed by atoms with E-state index >= 15 is 0 Å². The molecule has 0 unspecified atom stereocenters. The zero-order valence-electron chi connectivity index (χ0n) is 20.0. The summed E-state index contributed by atoms with van der Waals surface area (Å²) in [7, 11) is -3.78. The molecular formula is C24H33FN4O4S2. The highest BCUT2D eigenvalue weighted by Gasteiger charge is 2.29. The van der Waals surface area contributed by atoms with E-state index in [2.05, 4.69) is 10.3 Å². The number of hydrogen-bond donors (Lipinski definition) is 1. The summed E-state index contributed by atoms with van der Waals surface area (Å²) in [4.78, 5) is 6.38. The van der Waals surface area contributed by atoms with E-state index in [1.54, 1.807) is 10.8 Å². The number of benzene rings is 1. The molecule has 2 aliphatic rings. The number of hydrogen-bond acceptors (Lipinski definition) is 6. The minimum absolute atomic E-state index is 0.00115. The van der Waals surface area contributed by atoms with Gasteiger partial charge in [-0.1, -0.05) is 12.1 Å². The Morgan fingerprint density at radius 2 is 1.89 bits per heavy atom. The molecule has 0 spiro atoms. The van der Waals surface area contributed by atoms with Crippen LogP contribution in [0.2, 0.25) is 0 Å². The predicted octanol–water partition coefficient (Wildman–Crippen LogP) is 3.05. The summed E-state index contributed by atoms with van der Waals surface area (Å²) in [6.07, 6.45) is 5.43. The van der Waals surface area contributed by atoms with Gasteiger partial charge in [-0.15, -0.1) is 0 Å². The highest BCUT2D eigenvalue weighted by atomic mass is 32.2. The first-order chi connectivity index (χ1) is 16.9. The van der Waals surface area contributed by atoms with Crippen molar-refractivity contribution in [1.82, 2.24) is 19.8 Å². The van der Waals surface area contributed by atoms with Crippen LogP contribution in [0.3, 0.4) is 0 Å². The van der Waals surface area contributed by atoms with Crippen molar-refractivity contribution < 1.29 is 22.3 Å². The molecule has 11 heteroatoms. The molecule has 0 radical (unpaired) electrons. The normalized spacial score (nSPS) is 20.3. The van der Waals surface area contributed by atoms with Gasteiger partial charge in [-0.25, -0.2) is 17.8 Å². The van der Waals surface area contributed by atoms with Gasteiger partial charge in [0, 0.05) is 26.3 Å². The number of ether oxygens (including phenoxy) is 2. The van der Waals surface area contributed by atoms with Gasteiger partial charge >= 0.3 is 0 Å². The van der Waals surface area contributed by atoms with E-state index in [9.17, 15) is 12.8 Å². The van der Waals surface area contributed by atoms with Crippen molar-refractivity contribution in [1.29, 1.82) is 0 Å². The molecule has 0 aliphatic carbocycles. The molecule has 2 aliphatic heterocycles. The summed E-state index contributed by atoms with van der Waals surface area (Å²) < 4.78 is 53.5. The molecule has 1 aromatic heterocycles. The SMILES string of the molecule is CCNC(=S)N(Cc1cnc(S(=O)(=O)Cc2ccc(F)cc2)n1C[C@H]1CCCO1)C[C@H]1CCCO1. The zero-order valence-corrected chi connectivity index (χ0v) is 21.6. The summed E-state index contributed by atoms with van der Waals surface area (Å²) in [6, 6.07) is 5.50. The maximum Gasteiger partial charge on any atom is 0.228 e. The summed E-state index contributed by atoms with van der Waals surface area (Å²) >= 11 is 5.63. The van der Waals surface area contributed by atoms with Crippen molar-refractivity contribution in [2.75, 3.05) is 26.3 Å². The van der Waals surface area contributed by atoms with E-state index in [0.717, 1.165) is 38.0 Å². The van der Waals surface area contributed by atoms with E-state index < -0.39 is 15.7 Å². The van der Waals surface area contributed by atoms with Crippen LogP contribution in [0.15, 0.2) is 35.6 Å². The van der Waals surface area contributed by atoms with Crippen molar-refractivity contribution in [2.24, 2.45) is 0 Å². The van der Waals surface area contributed by atoms with Gasteiger partial charge in [0.1, 0.15) is 5.82 Å². The molecule has 0 bridgehead atoms. The number of aromatic nitrogens is 2. The van der Waals surface area contributed by atoms with E-state index in [1.807, 2.05) is 11.8 Å². The molecule has 35 heavy (non-hydrogen) atoms. The number of rotatable bonds is 10. The molecule has 8 nitrogen and oxygen atoms in total. The second-order valence-corrected chi connectivity index (χ2v) is 11.3. The molecule has 2 fully saturated rings. The lowest BCUT2D eigenvalue weighted by molar-refractivity contribution is 0.0862. The maximum atomic E-state index is 13.4. The van der Waals surface area contributed by atoms with Crippen molar-refractivity contribution in [3.63, 3.8) is 0 Å². The molecule has 192 valence electrons. The summed E-state index contributed by atoms with van der Waals surface area (Å²) in [5.41, 5.74) is 1.25. The smallest absolute Gasteiger partial charge is 0.228 e. The van der Waals surface area contributed by atoms with Crippen LogP contribution in [0.4, 0.5) is 4.39 Å². The fourth-order valence-electron chi connectivity index (χ4n) is 4.53. The van der Waals surface area contributed by atoms with Gasteiger partial charge in [-0.05, 0) is 62.5 Å². The second-order valence-electron chi connectivity index (χ2n) is 9.01. The molecular weight excluding hydrogens is 491 g/mol. The predicted molar refractivity (Wildman–Crippen MR) is 134 cm³/mol. The highest BCUT2D eigenvalue weighted by Crippen LogP contribution is 2.23. The summed E-state index contributed by atoms with van der Waals surface area (Å²) in [5.74, 6) is -0.665. The molecule has 0 saturated carbocycles. The molecule has 4 rings (SSSR count). The molecule has 2 aromatic rings. The number of sulfone groups is 1. The first-order valence-electron chi connectivity index (χ1n) is 12.1. The average Bonchev–Trinajstić information content (AvgIpc) is 3.59. The monoisotopic (exact) mass is 524 g/mol. The number of imidazole rings is 1. The highest BCUT2D eigenvalue weighted by molar-refractivity contribution is 7.90. The molecule has 2 atom stereocenters. The molecule has 2 saturated heterocycles. The van der Waals surface area contributed by atoms with E-state index in [1.165, 1.54) is 24.3 Å². The second kappa shape index (κ2) is 11.8. The third-order valence-corrected chi connectivity index (χ3v) is 8.27. The van der Waals surface area contributed by atoms with Crippen LogP contribution in [0.25, 0.3) is 0 Å². The first-order valence-corrected chi connectivity index (χ1v) is 14.2. The minimum atomic E-state index is -3.78. The van der Waals surface area contributed by atoms with Crippen LogP contribution in [0, 0.1) is 5.82 Å². The topological polar surface area (TPSA) is 85.7 Å². The van der Waals surface area contributed by atoms with Crippen molar-refractivity contribution >= 4 is 27.2 Å². The van der Waals surface area contributed by atoms with E-state index in [-0.39, 0.29) is 23.1 Å². The van der Waals surface area contributed by atoms with E-state index in [4.69, 9.17) is 21.7 Å². The molecule has 3 heterocycles. The lowest BCUT2D eigenvalue weighted by atomic mass is 10.2. The van der Waals surface area contributed by atoms with Crippen LogP contribution in [-0.4, -0.2) is 66.5 Å². The Balaban J connectivity index is 1.62. The quantitative estimate of drug-likeness (QED) is 0.475. The number of nitrogens with zero attached hydrogens (tertiary/aromatic N) is 3. The average molecular weight is 525 g/mol. The Morgan fingerprint density at radius 3 is 2.51 bits per heavy atom. The third-order valence-electron chi connectivity index (χ3n) is 6.28. The molecule has 1 N–H and O–H groups in total. The Bertz CT molecular complexity index is 1100. The number of thiocarbonyl (C=S) groups is 1. The van der Waals surface area contributed by atoms with Gasteiger partial charge in [0.2, 0.25) is 15.0 Å². The number of halogens is 1. The Kier molecular flexibility index (Phi) is 8.74.